The first kappa shape index (κ1) is 13.4. The maximum absolute atomic E-state index is 9.15. The number of nitrogens with zero attached hydrogens (tertiary/aromatic N) is 2. The summed E-state index contributed by atoms with van der Waals surface area (Å²) in [6, 6.07) is 8.50. The lowest BCUT2D eigenvalue weighted by molar-refractivity contribution is 0.764. The van der Waals surface area contributed by atoms with Crippen molar-refractivity contribution < 1.29 is 0 Å². The molecular weight excluding hydrogens is 284 g/mol. The van der Waals surface area contributed by atoms with Gasteiger partial charge >= 0.3 is 0 Å². The zero-order valence-electron chi connectivity index (χ0n) is 9.70. The van der Waals surface area contributed by atoms with Gasteiger partial charge in [0.25, 0.3) is 0 Å². The van der Waals surface area contributed by atoms with Gasteiger partial charge in [-0.1, -0.05) is 6.07 Å². The third-order valence-electron chi connectivity index (χ3n) is 2.55. The summed E-state index contributed by atoms with van der Waals surface area (Å²) in [4.78, 5) is 2.15. The Morgan fingerprint density at radius 3 is 2.81 bits per heavy atom. The van der Waals surface area contributed by atoms with Crippen molar-refractivity contribution in [2.45, 2.75) is 13.0 Å². The average Bonchev–Trinajstić information content (AvgIpc) is 2.28. The van der Waals surface area contributed by atoms with Crippen LogP contribution >= 0.6 is 27.7 Å². The van der Waals surface area contributed by atoms with E-state index >= 15 is 0 Å². The average molecular weight is 299 g/mol. The van der Waals surface area contributed by atoms with Crippen LogP contribution in [-0.4, -0.2) is 25.1 Å². The van der Waals surface area contributed by atoms with Gasteiger partial charge in [-0.05, 0) is 41.2 Å². The van der Waals surface area contributed by atoms with Crippen LogP contribution in [0.5, 0.6) is 0 Å². The molecule has 0 aromatic heterocycles. The number of hydrogen-bond donors (Lipinski definition) is 0. The van der Waals surface area contributed by atoms with Gasteiger partial charge in [-0.2, -0.15) is 17.0 Å². The van der Waals surface area contributed by atoms with Gasteiger partial charge in [0.05, 0.1) is 11.3 Å². The molecule has 0 fully saturated rings. The normalized spacial score (nSPS) is 11.9. The highest BCUT2D eigenvalue weighted by atomic mass is 79.9. The fourth-order valence-electron chi connectivity index (χ4n) is 1.51. The fourth-order valence-corrected chi connectivity index (χ4v) is 2.66. The molecule has 1 atom stereocenters. The van der Waals surface area contributed by atoms with E-state index in [-0.39, 0.29) is 0 Å². The first-order chi connectivity index (χ1) is 7.61. The number of thioether (sulfide) groups is 1. The van der Waals surface area contributed by atoms with E-state index in [9.17, 15) is 0 Å². The largest absolute Gasteiger partial charge is 0.370 e. The Kier molecular flexibility index (Phi) is 5.17. The zero-order chi connectivity index (χ0) is 12.1. The van der Waals surface area contributed by atoms with Crippen molar-refractivity contribution in [1.82, 2.24) is 0 Å². The van der Waals surface area contributed by atoms with Crippen LogP contribution in [0, 0.1) is 11.3 Å². The Bertz CT molecular complexity index is 400. The lowest BCUT2D eigenvalue weighted by Gasteiger charge is -2.27. The second-order valence-corrected chi connectivity index (χ2v) is 5.43. The predicted molar refractivity (Wildman–Crippen MR) is 75.1 cm³/mol. The SMILES string of the molecule is CSCC(C)N(C)c1cccc(Br)c1C#N. The standard InChI is InChI=1S/C12H15BrN2S/c1-9(8-16-3)15(2)12-6-4-5-11(13)10(12)7-14/h4-6,9H,8H2,1-3H3. The molecule has 0 N–H and O–H groups in total. The highest BCUT2D eigenvalue weighted by molar-refractivity contribution is 9.10. The summed E-state index contributed by atoms with van der Waals surface area (Å²) in [6.45, 7) is 2.17. The summed E-state index contributed by atoms with van der Waals surface area (Å²) >= 11 is 5.22. The number of benzene rings is 1. The van der Waals surface area contributed by atoms with E-state index in [1.54, 1.807) is 0 Å². The van der Waals surface area contributed by atoms with Gasteiger partial charge in [0.15, 0.2) is 0 Å². The van der Waals surface area contributed by atoms with Gasteiger partial charge in [0, 0.05) is 23.3 Å². The molecule has 0 amide bonds. The van der Waals surface area contributed by atoms with Crippen molar-refractivity contribution in [2.24, 2.45) is 0 Å². The van der Waals surface area contributed by atoms with E-state index in [0.29, 0.717) is 11.6 Å². The summed E-state index contributed by atoms with van der Waals surface area (Å²) in [5, 5.41) is 9.15. The number of halogens is 1. The van der Waals surface area contributed by atoms with Gasteiger partial charge in [0.1, 0.15) is 6.07 Å². The van der Waals surface area contributed by atoms with Crippen LogP contribution in [0.3, 0.4) is 0 Å². The quantitative estimate of drug-likeness (QED) is 0.851. The molecule has 16 heavy (non-hydrogen) atoms. The van der Waals surface area contributed by atoms with Crippen LogP contribution in [0.4, 0.5) is 5.69 Å². The molecule has 0 aliphatic rings. The third-order valence-corrected chi connectivity index (χ3v) is 4.03. The van der Waals surface area contributed by atoms with Crippen LogP contribution in [0.25, 0.3) is 0 Å². The highest BCUT2D eigenvalue weighted by Crippen LogP contribution is 2.27. The molecule has 1 aromatic rings. The summed E-state index contributed by atoms with van der Waals surface area (Å²) in [6.07, 6.45) is 2.09. The van der Waals surface area contributed by atoms with Crippen molar-refractivity contribution in [3.63, 3.8) is 0 Å². The lowest BCUT2D eigenvalue weighted by Crippen LogP contribution is -2.31. The van der Waals surface area contributed by atoms with E-state index in [0.717, 1.165) is 15.9 Å². The van der Waals surface area contributed by atoms with Crippen LogP contribution in [0.1, 0.15) is 12.5 Å². The summed E-state index contributed by atoms with van der Waals surface area (Å²) in [5.41, 5.74) is 1.69. The minimum absolute atomic E-state index is 0.413. The van der Waals surface area contributed by atoms with Crippen molar-refractivity contribution in [1.29, 1.82) is 5.26 Å². The monoisotopic (exact) mass is 298 g/mol. The van der Waals surface area contributed by atoms with Crippen LogP contribution in [0.2, 0.25) is 0 Å². The molecule has 0 aliphatic heterocycles. The molecule has 0 saturated carbocycles. The number of hydrogen-bond acceptors (Lipinski definition) is 3. The van der Waals surface area contributed by atoms with E-state index in [1.165, 1.54) is 0 Å². The second kappa shape index (κ2) is 6.17. The zero-order valence-corrected chi connectivity index (χ0v) is 12.1. The topological polar surface area (TPSA) is 27.0 Å². The molecule has 0 aliphatic carbocycles. The van der Waals surface area contributed by atoms with E-state index in [1.807, 2.05) is 37.0 Å². The van der Waals surface area contributed by atoms with Crippen molar-refractivity contribution in [3.05, 3.63) is 28.2 Å². The third kappa shape index (κ3) is 2.93. The molecule has 1 rings (SSSR count). The van der Waals surface area contributed by atoms with Gasteiger partial charge < -0.3 is 4.90 Å². The van der Waals surface area contributed by atoms with E-state index in [2.05, 4.69) is 40.1 Å². The molecular formula is C12H15BrN2S. The minimum Gasteiger partial charge on any atom is -0.370 e. The molecule has 1 aromatic carbocycles. The first-order valence-corrected chi connectivity index (χ1v) is 7.20. The number of anilines is 1. The molecule has 4 heteroatoms. The van der Waals surface area contributed by atoms with Crippen LogP contribution in [0.15, 0.2) is 22.7 Å². The molecule has 0 radical (unpaired) electrons. The van der Waals surface area contributed by atoms with Crippen molar-refractivity contribution >= 4 is 33.4 Å². The van der Waals surface area contributed by atoms with Crippen molar-refractivity contribution in [2.75, 3.05) is 24.0 Å². The fraction of sp³-hybridized carbons (Fsp3) is 0.417. The Hall–Kier alpha value is -0.660. The van der Waals surface area contributed by atoms with Gasteiger partial charge in [0.2, 0.25) is 0 Å². The Morgan fingerprint density at radius 2 is 2.25 bits per heavy atom. The Balaban J connectivity index is 3.04. The Morgan fingerprint density at radius 1 is 1.56 bits per heavy atom. The first-order valence-electron chi connectivity index (χ1n) is 5.02. The maximum atomic E-state index is 9.15. The second-order valence-electron chi connectivity index (χ2n) is 3.66. The summed E-state index contributed by atoms with van der Waals surface area (Å²) in [5.74, 6) is 1.05. The van der Waals surface area contributed by atoms with Crippen LogP contribution < -0.4 is 4.90 Å². The van der Waals surface area contributed by atoms with E-state index in [4.69, 9.17) is 5.26 Å². The molecule has 0 saturated heterocycles. The highest BCUT2D eigenvalue weighted by Gasteiger charge is 2.14. The molecule has 0 heterocycles. The van der Waals surface area contributed by atoms with Crippen LogP contribution in [-0.2, 0) is 0 Å². The summed E-state index contributed by atoms with van der Waals surface area (Å²) in [7, 11) is 2.03. The van der Waals surface area contributed by atoms with Gasteiger partial charge in [-0.3, -0.25) is 0 Å². The molecule has 0 spiro atoms. The molecule has 2 nitrogen and oxygen atoms in total. The minimum atomic E-state index is 0.413. The lowest BCUT2D eigenvalue weighted by atomic mass is 10.1. The Labute approximate surface area is 110 Å². The number of nitriles is 1. The summed E-state index contributed by atoms with van der Waals surface area (Å²) < 4.78 is 0.857. The van der Waals surface area contributed by atoms with Gasteiger partial charge in [-0.25, -0.2) is 0 Å². The van der Waals surface area contributed by atoms with Gasteiger partial charge in [-0.15, -0.1) is 0 Å². The smallest absolute Gasteiger partial charge is 0.103 e. The maximum Gasteiger partial charge on any atom is 0.103 e. The van der Waals surface area contributed by atoms with E-state index < -0.39 is 0 Å². The molecule has 1 unspecified atom stereocenters. The molecule has 0 bridgehead atoms. The van der Waals surface area contributed by atoms with Crippen molar-refractivity contribution in [3.8, 4) is 6.07 Å². The molecule has 86 valence electrons. The number of rotatable bonds is 4. The predicted octanol–water partition coefficient (Wildman–Crippen LogP) is 3.51.